The van der Waals surface area contributed by atoms with E-state index in [2.05, 4.69) is 16.0 Å². The minimum Gasteiger partial charge on any atom is -0.480 e. The second-order valence-corrected chi connectivity index (χ2v) is 5.65. The Labute approximate surface area is 144 Å². The van der Waals surface area contributed by atoms with E-state index in [-0.39, 0.29) is 12.8 Å². The van der Waals surface area contributed by atoms with Crippen LogP contribution in [0, 0.1) is 0 Å². The van der Waals surface area contributed by atoms with Crippen LogP contribution in [-0.4, -0.2) is 58.9 Å². The van der Waals surface area contributed by atoms with Crippen molar-refractivity contribution in [2.45, 2.75) is 57.8 Å². The van der Waals surface area contributed by atoms with Gasteiger partial charge in [-0.05, 0) is 27.2 Å². The van der Waals surface area contributed by atoms with Crippen LogP contribution in [0.3, 0.4) is 0 Å². The van der Waals surface area contributed by atoms with Crippen LogP contribution in [0.5, 0.6) is 0 Å². The van der Waals surface area contributed by atoms with Crippen molar-refractivity contribution >= 4 is 29.6 Å². The Bertz CT molecular complexity index is 536. The van der Waals surface area contributed by atoms with Gasteiger partial charge in [0.25, 0.3) is 0 Å². The molecule has 4 amide bonds. The van der Waals surface area contributed by atoms with Gasteiger partial charge in [0.1, 0.15) is 18.1 Å². The number of primary amides is 1. The molecule has 0 aliphatic rings. The van der Waals surface area contributed by atoms with Crippen LogP contribution in [0.2, 0.25) is 0 Å². The predicted octanol–water partition coefficient (Wildman–Crippen LogP) is -2.82. The molecular weight excluding hydrogens is 334 g/mol. The van der Waals surface area contributed by atoms with Crippen molar-refractivity contribution in [1.82, 2.24) is 16.0 Å². The van der Waals surface area contributed by atoms with Gasteiger partial charge in [0.05, 0.1) is 6.04 Å². The maximum atomic E-state index is 12.0. The van der Waals surface area contributed by atoms with Crippen molar-refractivity contribution in [3.63, 3.8) is 0 Å². The molecule has 0 aliphatic carbocycles. The number of nitrogens with two attached hydrogens (primary N) is 2. The molecule has 0 fully saturated rings. The van der Waals surface area contributed by atoms with Crippen LogP contribution in [0.15, 0.2) is 0 Å². The Morgan fingerprint density at radius 3 is 1.72 bits per heavy atom. The van der Waals surface area contributed by atoms with Gasteiger partial charge in [-0.15, -0.1) is 0 Å². The highest BCUT2D eigenvalue weighted by molar-refractivity contribution is 5.93. The number of rotatable bonds is 10. The van der Waals surface area contributed by atoms with Crippen LogP contribution in [0.25, 0.3) is 0 Å². The first-order valence-corrected chi connectivity index (χ1v) is 7.63. The lowest BCUT2D eigenvalue weighted by atomic mass is 10.1. The third-order valence-corrected chi connectivity index (χ3v) is 3.21. The number of aliphatic carboxylic acids is 1. The Morgan fingerprint density at radius 2 is 1.32 bits per heavy atom. The van der Waals surface area contributed by atoms with Crippen molar-refractivity contribution in [3.8, 4) is 0 Å². The highest BCUT2D eigenvalue weighted by atomic mass is 16.4. The van der Waals surface area contributed by atoms with Gasteiger partial charge in [0, 0.05) is 6.42 Å². The molecule has 0 aromatic carbocycles. The van der Waals surface area contributed by atoms with E-state index in [1.165, 1.54) is 20.8 Å². The molecule has 8 N–H and O–H groups in total. The number of carboxylic acid groups (broad SMARTS) is 1. The molecule has 0 saturated carbocycles. The fraction of sp³-hybridized carbons (Fsp3) is 0.643. The maximum absolute atomic E-state index is 12.0. The van der Waals surface area contributed by atoms with E-state index in [1.54, 1.807) is 0 Å². The first-order valence-electron chi connectivity index (χ1n) is 7.63. The summed E-state index contributed by atoms with van der Waals surface area (Å²) in [7, 11) is 0. The molecule has 0 aromatic heterocycles. The standard InChI is InChI=1S/C14H25N5O6/c1-6(15)11(21)17-7(2)12(22)18-8(3)13(23)19-9(14(24)25)4-5-10(16)20/h6-9H,4-5,15H2,1-3H3,(H2,16,20)(H,17,21)(H,18,22)(H,19,23)(H,24,25). The molecule has 142 valence electrons. The number of carbonyl (C=O) groups is 5. The van der Waals surface area contributed by atoms with E-state index >= 15 is 0 Å². The van der Waals surface area contributed by atoms with Crippen molar-refractivity contribution in [2.24, 2.45) is 11.5 Å². The molecule has 0 saturated heterocycles. The normalized spacial score (nSPS) is 15.2. The molecular formula is C14H25N5O6. The van der Waals surface area contributed by atoms with Gasteiger partial charge < -0.3 is 32.5 Å². The number of hydrogen-bond donors (Lipinski definition) is 6. The third kappa shape index (κ3) is 8.65. The van der Waals surface area contributed by atoms with E-state index in [0.717, 1.165) is 0 Å². The largest absolute Gasteiger partial charge is 0.480 e. The molecule has 0 bridgehead atoms. The van der Waals surface area contributed by atoms with E-state index in [0.29, 0.717) is 0 Å². The fourth-order valence-electron chi connectivity index (χ4n) is 1.66. The minimum absolute atomic E-state index is 0.169. The maximum Gasteiger partial charge on any atom is 0.326 e. The average molecular weight is 359 g/mol. The van der Waals surface area contributed by atoms with Crippen molar-refractivity contribution in [1.29, 1.82) is 0 Å². The summed E-state index contributed by atoms with van der Waals surface area (Å²) in [4.78, 5) is 57.1. The summed E-state index contributed by atoms with van der Waals surface area (Å²) in [6.07, 6.45) is -0.379. The third-order valence-electron chi connectivity index (χ3n) is 3.21. The average Bonchev–Trinajstić information content (AvgIpc) is 2.49. The molecule has 0 aromatic rings. The van der Waals surface area contributed by atoms with Crippen LogP contribution in [0.1, 0.15) is 33.6 Å². The SMILES string of the molecule is CC(N)C(=O)NC(C)C(=O)NC(C)C(=O)NC(CCC(N)=O)C(=O)O. The van der Waals surface area contributed by atoms with Gasteiger partial charge in [-0.1, -0.05) is 0 Å². The molecule has 11 nitrogen and oxygen atoms in total. The van der Waals surface area contributed by atoms with Gasteiger partial charge in [-0.2, -0.15) is 0 Å². The summed E-state index contributed by atoms with van der Waals surface area (Å²) < 4.78 is 0. The number of amides is 4. The topological polar surface area (TPSA) is 194 Å². The van der Waals surface area contributed by atoms with Crippen molar-refractivity contribution in [2.75, 3.05) is 0 Å². The Balaban J connectivity index is 4.61. The molecule has 0 spiro atoms. The monoisotopic (exact) mass is 359 g/mol. The Hall–Kier alpha value is -2.69. The molecule has 0 radical (unpaired) electrons. The number of carbonyl (C=O) groups excluding carboxylic acids is 4. The van der Waals surface area contributed by atoms with Gasteiger partial charge in [-0.3, -0.25) is 19.2 Å². The molecule has 0 aliphatic heterocycles. The molecule has 25 heavy (non-hydrogen) atoms. The second kappa shape index (κ2) is 10.2. The summed E-state index contributed by atoms with van der Waals surface area (Å²) >= 11 is 0. The zero-order valence-corrected chi connectivity index (χ0v) is 14.4. The lowest BCUT2D eigenvalue weighted by Crippen LogP contribution is -2.55. The highest BCUT2D eigenvalue weighted by Crippen LogP contribution is 1.99. The van der Waals surface area contributed by atoms with E-state index in [1.807, 2.05) is 0 Å². The summed E-state index contributed by atoms with van der Waals surface area (Å²) in [5.41, 5.74) is 10.3. The van der Waals surface area contributed by atoms with Gasteiger partial charge in [-0.25, -0.2) is 4.79 Å². The summed E-state index contributed by atoms with van der Waals surface area (Å²) in [6.45, 7) is 4.21. The van der Waals surface area contributed by atoms with Crippen LogP contribution >= 0.6 is 0 Å². The molecule has 4 atom stereocenters. The fourth-order valence-corrected chi connectivity index (χ4v) is 1.66. The highest BCUT2D eigenvalue weighted by Gasteiger charge is 2.26. The summed E-state index contributed by atoms with van der Waals surface area (Å²) in [5, 5.41) is 15.9. The molecule has 0 rings (SSSR count). The molecule has 0 heterocycles. The van der Waals surface area contributed by atoms with Crippen molar-refractivity contribution < 1.29 is 29.1 Å². The van der Waals surface area contributed by atoms with E-state index < -0.39 is 53.8 Å². The van der Waals surface area contributed by atoms with Crippen LogP contribution in [-0.2, 0) is 24.0 Å². The predicted molar refractivity (Wildman–Crippen MR) is 86.9 cm³/mol. The number of nitrogens with one attached hydrogen (secondary N) is 3. The Morgan fingerprint density at radius 1 is 0.880 bits per heavy atom. The van der Waals surface area contributed by atoms with Gasteiger partial charge >= 0.3 is 5.97 Å². The van der Waals surface area contributed by atoms with Crippen molar-refractivity contribution in [3.05, 3.63) is 0 Å². The van der Waals surface area contributed by atoms with Gasteiger partial charge in [0.2, 0.25) is 23.6 Å². The molecule has 11 heteroatoms. The van der Waals surface area contributed by atoms with Crippen LogP contribution in [0.4, 0.5) is 0 Å². The zero-order valence-electron chi connectivity index (χ0n) is 14.4. The van der Waals surface area contributed by atoms with Gasteiger partial charge in [0.15, 0.2) is 0 Å². The number of hydrogen-bond acceptors (Lipinski definition) is 6. The Kier molecular flexibility index (Phi) is 9.13. The second-order valence-electron chi connectivity index (χ2n) is 5.65. The minimum atomic E-state index is -1.33. The lowest BCUT2D eigenvalue weighted by molar-refractivity contribution is -0.142. The summed E-state index contributed by atoms with van der Waals surface area (Å²) in [6, 6.07) is -4.09. The van der Waals surface area contributed by atoms with E-state index in [4.69, 9.17) is 16.6 Å². The quantitative estimate of drug-likeness (QED) is 0.242. The first-order chi connectivity index (χ1) is 11.5. The molecule has 4 unspecified atom stereocenters. The van der Waals surface area contributed by atoms with Crippen LogP contribution < -0.4 is 27.4 Å². The smallest absolute Gasteiger partial charge is 0.326 e. The lowest BCUT2D eigenvalue weighted by Gasteiger charge is -2.21. The van der Waals surface area contributed by atoms with E-state index in [9.17, 15) is 24.0 Å². The number of carboxylic acids is 1. The first kappa shape index (κ1) is 22.3. The summed E-state index contributed by atoms with van der Waals surface area (Å²) in [5.74, 6) is -3.94. The zero-order chi connectivity index (χ0) is 19.7.